The van der Waals surface area contributed by atoms with E-state index in [2.05, 4.69) is 20.8 Å². The van der Waals surface area contributed by atoms with Gasteiger partial charge in [-0.25, -0.2) is 0 Å². The van der Waals surface area contributed by atoms with E-state index < -0.39 is 0 Å². The summed E-state index contributed by atoms with van der Waals surface area (Å²) < 4.78 is 0.431. The third-order valence-electron chi connectivity index (χ3n) is 4.29. The molecule has 0 aromatic rings. The van der Waals surface area contributed by atoms with Gasteiger partial charge in [0, 0.05) is 0 Å². The molecule has 2 aliphatic rings. The second-order valence-electron chi connectivity index (χ2n) is 5.52. The first-order valence-corrected chi connectivity index (χ1v) is 5.64. The first-order valence-electron chi connectivity index (χ1n) is 5.19. The Morgan fingerprint density at radius 2 is 2.17 bits per heavy atom. The lowest BCUT2D eigenvalue weighted by atomic mass is 9.77. The van der Waals surface area contributed by atoms with Crippen LogP contribution in [-0.4, -0.2) is 11.9 Å². The van der Waals surface area contributed by atoms with Gasteiger partial charge < -0.3 is 0 Å². The highest BCUT2D eigenvalue weighted by atomic mass is 32.1. The largest absolute Gasteiger partial charge is 0.181 e. The van der Waals surface area contributed by atoms with Crippen LogP contribution in [0.25, 0.3) is 0 Å². The van der Waals surface area contributed by atoms with Crippen LogP contribution in [0.2, 0.25) is 5.31 Å². The summed E-state index contributed by atoms with van der Waals surface area (Å²) >= 11 is 4.83. The van der Waals surface area contributed by atoms with E-state index in [1.165, 1.54) is 26.5 Å². The van der Waals surface area contributed by atoms with Crippen LogP contribution in [0.1, 0.15) is 40.0 Å². The maximum Gasteiger partial charge on any atom is 0.148 e. The van der Waals surface area contributed by atoms with Crippen molar-refractivity contribution < 1.29 is 0 Å². The van der Waals surface area contributed by atoms with E-state index >= 15 is 0 Å². The fourth-order valence-corrected chi connectivity index (χ4v) is 3.54. The highest BCUT2D eigenvalue weighted by Gasteiger charge is 2.64. The topological polar surface area (TPSA) is 0 Å². The molecule has 68 valence electrons. The molecule has 3 atom stereocenters. The Morgan fingerprint density at radius 1 is 1.50 bits per heavy atom. The van der Waals surface area contributed by atoms with Gasteiger partial charge >= 0.3 is 0 Å². The van der Waals surface area contributed by atoms with Gasteiger partial charge in [-0.3, -0.25) is 0 Å². The monoisotopic (exact) mass is 182 g/mol. The summed E-state index contributed by atoms with van der Waals surface area (Å²) in [6, 6.07) is 0. The van der Waals surface area contributed by atoms with E-state index in [9.17, 15) is 0 Å². The highest BCUT2D eigenvalue weighted by molar-refractivity contribution is 7.85. The molecule has 0 aromatic heterocycles. The standard InChI is InChI=1S/C10H19BS/c1-7(2)8-4-5-9(3)10(12,6-8)11-9/h7-8,11-12H,4-6H2,1-3H3. The maximum atomic E-state index is 4.83. The molecule has 1 aliphatic heterocycles. The molecule has 1 heterocycles. The Bertz CT molecular complexity index is 204. The molecule has 2 fully saturated rings. The Kier molecular flexibility index (Phi) is 1.85. The van der Waals surface area contributed by atoms with Crippen molar-refractivity contribution >= 4 is 19.9 Å². The predicted octanol–water partition coefficient (Wildman–Crippen LogP) is 2.70. The minimum absolute atomic E-state index is 0.431. The summed E-state index contributed by atoms with van der Waals surface area (Å²) in [4.78, 5) is 0. The molecule has 0 aromatic carbocycles. The average Bonchev–Trinajstić information content (AvgIpc) is 2.51. The van der Waals surface area contributed by atoms with Crippen LogP contribution >= 0.6 is 12.6 Å². The Balaban J connectivity index is 2.04. The first-order chi connectivity index (χ1) is 5.47. The summed E-state index contributed by atoms with van der Waals surface area (Å²) in [5.41, 5.74) is 0. The molecule has 1 saturated heterocycles. The van der Waals surface area contributed by atoms with Crippen LogP contribution in [-0.2, 0) is 0 Å². The van der Waals surface area contributed by atoms with E-state index in [1.54, 1.807) is 0 Å². The highest BCUT2D eigenvalue weighted by Crippen LogP contribution is 2.68. The lowest BCUT2D eigenvalue weighted by molar-refractivity contribution is 0.268. The van der Waals surface area contributed by atoms with Crippen LogP contribution in [0.3, 0.4) is 0 Å². The van der Waals surface area contributed by atoms with Gasteiger partial charge in [0.2, 0.25) is 0 Å². The summed E-state index contributed by atoms with van der Waals surface area (Å²) in [5.74, 6) is 1.80. The van der Waals surface area contributed by atoms with Gasteiger partial charge in [-0.1, -0.05) is 33.6 Å². The quantitative estimate of drug-likeness (QED) is 0.467. The van der Waals surface area contributed by atoms with Crippen LogP contribution < -0.4 is 0 Å². The van der Waals surface area contributed by atoms with E-state index in [0.29, 0.717) is 9.96 Å². The fourth-order valence-electron chi connectivity index (χ4n) is 2.85. The van der Waals surface area contributed by atoms with Gasteiger partial charge in [0.1, 0.15) is 7.28 Å². The minimum atomic E-state index is 0.431. The zero-order valence-corrected chi connectivity index (χ0v) is 9.32. The zero-order valence-electron chi connectivity index (χ0n) is 8.43. The van der Waals surface area contributed by atoms with E-state index in [1.807, 2.05) is 0 Å². The third-order valence-corrected chi connectivity index (χ3v) is 5.17. The Morgan fingerprint density at radius 3 is 2.67 bits per heavy atom. The molecule has 0 bridgehead atoms. The average molecular weight is 182 g/mol. The third kappa shape index (κ3) is 1.14. The number of thiol groups is 1. The van der Waals surface area contributed by atoms with Crippen LogP contribution in [0.5, 0.6) is 0 Å². The Labute approximate surface area is 82.2 Å². The van der Waals surface area contributed by atoms with Crippen molar-refractivity contribution in [3.05, 3.63) is 0 Å². The number of hydrogen-bond acceptors (Lipinski definition) is 1. The van der Waals surface area contributed by atoms with Crippen molar-refractivity contribution in [3.8, 4) is 0 Å². The molecule has 12 heavy (non-hydrogen) atoms. The van der Waals surface area contributed by atoms with Gasteiger partial charge in [-0.05, 0) is 28.2 Å². The molecule has 3 unspecified atom stereocenters. The SMILES string of the molecule is CC(C)C1CCC2(C)BC2(S)C1. The molecule has 1 saturated carbocycles. The molecule has 2 heteroatoms. The molecule has 0 N–H and O–H groups in total. The zero-order chi connectivity index (χ0) is 8.98. The molecule has 0 nitrogen and oxygen atoms in total. The molecular weight excluding hydrogens is 163 g/mol. The van der Waals surface area contributed by atoms with Crippen LogP contribution in [0.4, 0.5) is 0 Å². The molecule has 1 aliphatic carbocycles. The van der Waals surface area contributed by atoms with Crippen molar-refractivity contribution in [3.63, 3.8) is 0 Å². The van der Waals surface area contributed by atoms with Crippen molar-refractivity contribution in [2.45, 2.75) is 50.0 Å². The number of fused-ring (bicyclic) bond motifs is 1. The summed E-state index contributed by atoms with van der Waals surface area (Å²) in [5, 5.41) is 0.613. The number of hydrogen-bond donors (Lipinski definition) is 1. The molecule has 2 rings (SSSR count). The summed E-state index contributed by atoms with van der Waals surface area (Å²) in [7, 11) is 1.37. The number of rotatable bonds is 1. The second kappa shape index (κ2) is 2.46. The van der Waals surface area contributed by atoms with E-state index in [-0.39, 0.29) is 0 Å². The van der Waals surface area contributed by atoms with Gasteiger partial charge in [0.25, 0.3) is 0 Å². The van der Waals surface area contributed by atoms with Crippen LogP contribution in [0.15, 0.2) is 0 Å². The predicted molar refractivity (Wildman–Crippen MR) is 59.4 cm³/mol. The lowest BCUT2D eigenvalue weighted by Crippen LogP contribution is -2.23. The lowest BCUT2D eigenvalue weighted by Gasteiger charge is -2.34. The van der Waals surface area contributed by atoms with Crippen LogP contribution in [0, 0.1) is 11.8 Å². The van der Waals surface area contributed by atoms with Gasteiger partial charge in [-0.2, -0.15) is 12.6 Å². The van der Waals surface area contributed by atoms with Gasteiger partial charge in [0.15, 0.2) is 0 Å². The van der Waals surface area contributed by atoms with Gasteiger partial charge in [0.05, 0.1) is 0 Å². The summed E-state index contributed by atoms with van der Waals surface area (Å²) in [6.45, 7) is 7.12. The molecule has 0 amide bonds. The molecule has 0 radical (unpaired) electrons. The van der Waals surface area contributed by atoms with E-state index in [4.69, 9.17) is 12.6 Å². The molecule has 0 spiro atoms. The second-order valence-corrected chi connectivity index (χ2v) is 6.37. The van der Waals surface area contributed by atoms with Crippen molar-refractivity contribution in [2.75, 3.05) is 0 Å². The Hall–Kier alpha value is 0.415. The summed E-state index contributed by atoms with van der Waals surface area (Å²) in [6.07, 6.45) is 4.22. The minimum Gasteiger partial charge on any atom is -0.181 e. The van der Waals surface area contributed by atoms with Crippen molar-refractivity contribution in [1.29, 1.82) is 0 Å². The van der Waals surface area contributed by atoms with E-state index in [0.717, 1.165) is 11.8 Å². The fraction of sp³-hybridized carbons (Fsp3) is 1.00. The maximum absolute atomic E-state index is 4.83. The van der Waals surface area contributed by atoms with Gasteiger partial charge in [-0.15, -0.1) is 0 Å². The van der Waals surface area contributed by atoms with Crippen molar-refractivity contribution in [1.82, 2.24) is 0 Å². The smallest absolute Gasteiger partial charge is 0.148 e. The molecular formula is C10H19BS. The van der Waals surface area contributed by atoms with Crippen molar-refractivity contribution in [2.24, 2.45) is 11.8 Å². The normalized spacial score (nSPS) is 51.6. The first kappa shape index (κ1) is 8.99.